The first-order valence-electron chi connectivity index (χ1n) is 9.52. The molecule has 0 aromatic heterocycles. The van der Waals surface area contributed by atoms with Crippen LogP contribution in [0.4, 0.5) is 0 Å². The predicted octanol–water partition coefficient (Wildman–Crippen LogP) is 0.876. The molecule has 0 N–H and O–H groups in total. The van der Waals surface area contributed by atoms with E-state index < -0.39 is 10.0 Å². The molecule has 2 atom stereocenters. The minimum absolute atomic E-state index is 0.144. The summed E-state index contributed by atoms with van der Waals surface area (Å²) in [7, 11) is -3.68. The molecule has 2 aliphatic heterocycles. The molecule has 3 rings (SSSR count). The van der Waals surface area contributed by atoms with Gasteiger partial charge in [-0.15, -0.1) is 6.42 Å². The van der Waals surface area contributed by atoms with E-state index in [-0.39, 0.29) is 23.0 Å². The Morgan fingerprint density at radius 2 is 1.82 bits per heavy atom. The number of hydrogen-bond acceptors (Lipinski definition) is 5. The van der Waals surface area contributed by atoms with Gasteiger partial charge in [-0.25, -0.2) is 8.42 Å². The average Bonchev–Trinajstić information content (AvgIpc) is 2.67. The van der Waals surface area contributed by atoms with Crippen LogP contribution in [0.15, 0.2) is 29.2 Å². The summed E-state index contributed by atoms with van der Waals surface area (Å²) >= 11 is 0. The van der Waals surface area contributed by atoms with Crippen molar-refractivity contribution in [2.45, 2.75) is 31.0 Å². The molecule has 0 spiro atoms. The second kappa shape index (κ2) is 8.62. The van der Waals surface area contributed by atoms with Crippen LogP contribution in [0, 0.1) is 12.3 Å². The van der Waals surface area contributed by atoms with Crippen LogP contribution in [0.3, 0.4) is 0 Å². The van der Waals surface area contributed by atoms with Crippen molar-refractivity contribution in [3.05, 3.63) is 29.8 Å². The van der Waals surface area contributed by atoms with Crippen LogP contribution in [-0.4, -0.2) is 86.5 Å². The summed E-state index contributed by atoms with van der Waals surface area (Å²) in [6, 6.07) is 6.32. The number of amides is 1. The Morgan fingerprint density at radius 1 is 1.18 bits per heavy atom. The standard InChI is InChI=1S/C20H27N3O4S/c1-4-8-21-9-11-22(12-10-21)20(24)18-6-5-7-19(13-18)28(25,26)23-14-16(2)27-17(3)15-23/h1,5-7,13,16-17H,8-12,14-15H2,2-3H3. The monoisotopic (exact) mass is 405 g/mol. The number of carbonyl (C=O) groups excluding carboxylic acids is 1. The van der Waals surface area contributed by atoms with Gasteiger partial charge in [0, 0.05) is 44.8 Å². The van der Waals surface area contributed by atoms with Crippen LogP contribution < -0.4 is 0 Å². The minimum atomic E-state index is -3.68. The summed E-state index contributed by atoms with van der Waals surface area (Å²) in [4.78, 5) is 16.9. The van der Waals surface area contributed by atoms with Crippen molar-refractivity contribution >= 4 is 15.9 Å². The highest BCUT2D eigenvalue weighted by atomic mass is 32.2. The molecule has 2 unspecified atom stereocenters. The first kappa shape index (κ1) is 20.8. The number of piperazine rings is 1. The third-order valence-corrected chi connectivity index (χ3v) is 6.91. The maximum Gasteiger partial charge on any atom is 0.253 e. The van der Waals surface area contributed by atoms with Gasteiger partial charge in [-0.1, -0.05) is 12.0 Å². The lowest BCUT2D eigenvalue weighted by molar-refractivity contribution is -0.0440. The van der Waals surface area contributed by atoms with Gasteiger partial charge in [0.1, 0.15) is 0 Å². The van der Waals surface area contributed by atoms with E-state index in [1.165, 1.54) is 10.4 Å². The summed E-state index contributed by atoms with van der Waals surface area (Å²) in [5, 5.41) is 0. The van der Waals surface area contributed by atoms with Crippen LogP contribution in [0.5, 0.6) is 0 Å². The van der Waals surface area contributed by atoms with E-state index in [1.807, 2.05) is 13.8 Å². The van der Waals surface area contributed by atoms with E-state index in [0.29, 0.717) is 38.3 Å². The number of nitrogens with zero attached hydrogens (tertiary/aromatic N) is 3. The van der Waals surface area contributed by atoms with Crippen LogP contribution in [0.25, 0.3) is 0 Å². The van der Waals surface area contributed by atoms with Gasteiger partial charge >= 0.3 is 0 Å². The van der Waals surface area contributed by atoms with Gasteiger partial charge in [-0.05, 0) is 32.0 Å². The van der Waals surface area contributed by atoms with Crippen molar-refractivity contribution in [1.29, 1.82) is 0 Å². The summed E-state index contributed by atoms with van der Waals surface area (Å²) in [5.74, 6) is 2.47. The Hall–Kier alpha value is -1.92. The molecule has 0 radical (unpaired) electrons. The fourth-order valence-corrected chi connectivity index (χ4v) is 5.32. The summed E-state index contributed by atoms with van der Waals surface area (Å²) < 4.78 is 33.2. The number of morpholine rings is 1. The lowest BCUT2D eigenvalue weighted by Crippen LogP contribution is -2.49. The lowest BCUT2D eigenvalue weighted by atomic mass is 10.2. The molecule has 2 fully saturated rings. The van der Waals surface area contributed by atoms with Gasteiger partial charge in [-0.3, -0.25) is 9.69 Å². The molecule has 1 amide bonds. The Labute approximate surface area is 167 Å². The Bertz CT molecular complexity index is 846. The SMILES string of the molecule is C#CCN1CCN(C(=O)c2cccc(S(=O)(=O)N3CC(C)OC(C)C3)c2)CC1. The molecule has 1 aromatic rings. The van der Waals surface area contributed by atoms with Crippen LogP contribution in [-0.2, 0) is 14.8 Å². The quantitative estimate of drug-likeness (QED) is 0.696. The number of carbonyl (C=O) groups is 1. The van der Waals surface area contributed by atoms with Crippen LogP contribution in [0.2, 0.25) is 0 Å². The molecular weight excluding hydrogens is 378 g/mol. The van der Waals surface area contributed by atoms with Crippen molar-refractivity contribution < 1.29 is 17.9 Å². The third kappa shape index (κ3) is 4.55. The lowest BCUT2D eigenvalue weighted by Gasteiger charge is -2.35. The number of benzene rings is 1. The maximum atomic E-state index is 13.1. The van der Waals surface area contributed by atoms with Crippen molar-refractivity contribution in [3.63, 3.8) is 0 Å². The van der Waals surface area contributed by atoms with Crippen LogP contribution >= 0.6 is 0 Å². The maximum absolute atomic E-state index is 13.1. The first-order chi connectivity index (χ1) is 13.3. The molecule has 0 aliphatic carbocycles. The van der Waals surface area contributed by atoms with Crippen molar-refractivity contribution in [3.8, 4) is 12.3 Å². The van der Waals surface area contributed by atoms with E-state index in [1.54, 1.807) is 23.1 Å². The second-order valence-electron chi connectivity index (χ2n) is 7.38. The summed E-state index contributed by atoms with van der Waals surface area (Å²) in [5.41, 5.74) is 0.390. The zero-order valence-corrected chi connectivity index (χ0v) is 17.2. The molecule has 2 heterocycles. The van der Waals surface area contributed by atoms with E-state index in [0.717, 1.165) is 13.1 Å². The van der Waals surface area contributed by atoms with Gasteiger partial charge in [0.15, 0.2) is 0 Å². The van der Waals surface area contributed by atoms with E-state index >= 15 is 0 Å². The molecule has 2 aliphatic rings. The number of hydrogen-bond donors (Lipinski definition) is 0. The van der Waals surface area contributed by atoms with Crippen molar-refractivity contribution in [2.24, 2.45) is 0 Å². The Balaban J connectivity index is 1.75. The second-order valence-corrected chi connectivity index (χ2v) is 9.32. The van der Waals surface area contributed by atoms with Gasteiger partial charge in [0.05, 0.1) is 23.6 Å². The Morgan fingerprint density at radius 3 is 2.43 bits per heavy atom. The smallest absolute Gasteiger partial charge is 0.253 e. The van der Waals surface area contributed by atoms with Gasteiger partial charge in [0.2, 0.25) is 10.0 Å². The highest BCUT2D eigenvalue weighted by molar-refractivity contribution is 7.89. The summed E-state index contributed by atoms with van der Waals surface area (Å²) in [6.07, 6.45) is 5.01. The zero-order valence-electron chi connectivity index (χ0n) is 16.4. The van der Waals surface area contributed by atoms with Gasteiger partial charge < -0.3 is 9.64 Å². The largest absolute Gasteiger partial charge is 0.373 e. The molecule has 0 bridgehead atoms. The molecule has 1 aromatic carbocycles. The van der Waals surface area contributed by atoms with E-state index in [2.05, 4.69) is 10.8 Å². The van der Waals surface area contributed by atoms with Crippen molar-refractivity contribution in [1.82, 2.24) is 14.1 Å². The molecule has 8 heteroatoms. The van der Waals surface area contributed by atoms with Gasteiger partial charge in [0.25, 0.3) is 5.91 Å². The predicted molar refractivity (Wildman–Crippen MR) is 106 cm³/mol. The van der Waals surface area contributed by atoms with Crippen LogP contribution in [0.1, 0.15) is 24.2 Å². The first-order valence-corrected chi connectivity index (χ1v) is 11.0. The third-order valence-electron chi connectivity index (χ3n) is 5.08. The Kier molecular flexibility index (Phi) is 6.40. The average molecular weight is 406 g/mol. The molecule has 28 heavy (non-hydrogen) atoms. The zero-order chi connectivity index (χ0) is 20.3. The molecular formula is C20H27N3O4S. The molecule has 7 nitrogen and oxygen atoms in total. The number of ether oxygens (including phenoxy) is 1. The molecule has 0 saturated carbocycles. The van der Waals surface area contributed by atoms with Gasteiger partial charge in [-0.2, -0.15) is 4.31 Å². The number of sulfonamides is 1. The fourth-order valence-electron chi connectivity index (χ4n) is 3.69. The topological polar surface area (TPSA) is 70.2 Å². The highest BCUT2D eigenvalue weighted by Gasteiger charge is 2.32. The minimum Gasteiger partial charge on any atom is -0.373 e. The molecule has 2 saturated heterocycles. The normalized spacial score (nSPS) is 24.7. The summed E-state index contributed by atoms with van der Waals surface area (Å²) in [6.45, 7) is 7.51. The highest BCUT2D eigenvalue weighted by Crippen LogP contribution is 2.22. The molecule has 152 valence electrons. The number of rotatable bonds is 4. The fraction of sp³-hybridized carbons (Fsp3) is 0.550. The number of terminal acetylenes is 1. The van der Waals surface area contributed by atoms with Crippen molar-refractivity contribution in [2.75, 3.05) is 45.8 Å². The van der Waals surface area contributed by atoms with E-state index in [9.17, 15) is 13.2 Å². The van der Waals surface area contributed by atoms with E-state index in [4.69, 9.17) is 11.2 Å².